The molecule has 0 spiro atoms. The molecule has 1 atom stereocenters. The molecule has 0 aromatic heterocycles. The van der Waals surface area contributed by atoms with Crippen LogP contribution in [0.1, 0.15) is 35.3 Å². The number of nitrogens with zero attached hydrogens (tertiary/aromatic N) is 1. The molecule has 0 aliphatic heterocycles. The number of anilines is 1. The van der Waals surface area contributed by atoms with E-state index in [2.05, 4.69) is 0 Å². The Morgan fingerprint density at radius 3 is 2.15 bits per heavy atom. The molecule has 0 saturated carbocycles. The number of rotatable bonds is 13. The van der Waals surface area contributed by atoms with Gasteiger partial charge in [-0.2, -0.15) is 8.42 Å². The average Bonchev–Trinajstić information content (AvgIpc) is 2.92. The summed E-state index contributed by atoms with van der Waals surface area (Å²) in [6.07, 6.45) is 4.35. The van der Waals surface area contributed by atoms with E-state index in [9.17, 15) is 18.0 Å². The number of hydrogen-bond acceptors (Lipinski definition) is 7. The standard InChI is InChI=1S/C30H33NO7S/c1-4-36-28(30(33)37-5-2)22-24-13-17-26(18-14-24)31(29(32)25-11-7-6-8-12-25)21-9-10-23-15-19-27(20-16-23)38-39(3,34)35/h6-20,28H,4-5,21-22H2,1-3H3. The molecule has 0 aliphatic carbocycles. The summed E-state index contributed by atoms with van der Waals surface area (Å²) >= 11 is 0. The first-order valence-electron chi connectivity index (χ1n) is 12.6. The van der Waals surface area contributed by atoms with Crippen molar-refractivity contribution in [3.05, 3.63) is 102 Å². The topological polar surface area (TPSA) is 99.2 Å². The first kappa shape index (κ1) is 29.6. The van der Waals surface area contributed by atoms with Crippen molar-refractivity contribution in [1.82, 2.24) is 0 Å². The highest BCUT2D eigenvalue weighted by Crippen LogP contribution is 2.21. The number of amides is 1. The van der Waals surface area contributed by atoms with Crippen LogP contribution in [0.25, 0.3) is 6.08 Å². The predicted molar refractivity (Wildman–Crippen MR) is 151 cm³/mol. The Morgan fingerprint density at radius 2 is 1.56 bits per heavy atom. The molecule has 0 bridgehead atoms. The lowest BCUT2D eigenvalue weighted by atomic mass is 10.1. The van der Waals surface area contributed by atoms with E-state index in [4.69, 9.17) is 13.7 Å². The highest BCUT2D eigenvalue weighted by Gasteiger charge is 2.21. The van der Waals surface area contributed by atoms with Crippen LogP contribution >= 0.6 is 0 Å². The van der Waals surface area contributed by atoms with E-state index in [1.807, 2.05) is 61.5 Å². The van der Waals surface area contributed by atoms with Gasteiger partial charge in [-0.3, -0.25) is 4.79 Å². The molecule has 9 heteroatoms. The van der Waals surface area contributed by atoms with Gasteiger partial charge in [-0.1, -0.05) is 54.6 Å². The monoisotopic (exact) mass is 551 g/mol. The summed E-state index contributed by atoms with van der Waals surface area (Å²) in [7, 11) is -3.60. The molecule has 3 rings (SSSR count). The molecule has 3 aromatic rings. The third kappa shape index (κ3) is 9.38. The molecule has 0 N–H and O–H groups in total. The molecule has 0 aliphatic rings. The van der Waals surface area contributed by atoms with E-state index in [-0.39, 0.29) is 18.3 Å². The van der Waals surface area contributed by atoms with Crippen molar-refractivity contribution in [3.8, 4) is 5.75 Å². The highest BCUT2D eigenvalue weighted by molar-refractivity contribution is 7.86. The van der Waals surface area contributed by atoms with Crippen LogP contribution in [0.4, 0.5) is 5.69 Å². The van der Waals surface area contributed by atoms with E-state index in [1.165, 1.54) is 0 Å². The van der Waals surface area contributed by atoms with Crippen molar-refractivity contribution >= 4 is 33.8 Å². The van der Waals surface area contributed by atoms with Crippen molar-refractivity contribution in [2.24, 2.45) is 0 Å². The first-order chi connectivity index (χ1) is 18.7. The zero-order valence-electron chi connectivity index (χ0n) is 22.3. The minimum atomic E-state index is -3.60. The number of esters is 1. The second-order valence-electron chi connectivity index (χ2n) is 8.61. The van der Waals surface area contributed by atoms with E-state index in [1.54, 1.807) is 48.2 Å². The molecular formula is C30H33NO7S. The third-order valence-electron chi connectivity index (χ3n) is 5.58. The van der Waals surface area contributed by atoms with Crippen LogP contribution in [-0.2, 0) is 30.8 Å². The van der Waals surface area contributed by atoms with Gasteiger partial charge in [-0.15, -0.1) is 0 Å². The average molecular weight is 552 g/mol. The molecule has 39 heavy (non-hydrogen) atoms. The maximum absolute atomic E-state index is 13.4. The summed E-state index contributed by atoms with van der Waals surface area (Å²) in [6.45, 7) is 4.54. The highest BCUT2D eigenvalue weighted by atomic mass is 32.2. The summed E-state index contributed by atoms with van der Waals surface area (Å²) in [5.74, 6) is -0.334. The van der Waals surface area contributed by atoms with Crippen LogP contribution in [0.15, 0.2) is 84.9 Å². The normalized spacial score (nSPS) is 12.2. The van der Waals surface area contributed by atoms with Crippen molar-refractivity contribution in [1.29, 1.82) is 0 Å². The first-order valence-corrected chi connectivity index (χ1v) is 14.4. The molecular weight excluding hydrogens is 518 g/mol. The van der Waals surface area contributed by atoms with Gasteiger partial charge >= 0.3 is 16.1 Å². The van der Waals surface area contributed by atoms with Crippen molar-refractivity contribution in [3.63, 3.8) is 0 Å². The van der Waals surface area contributed by atoms with Gasteiger partial charge in [0.1, 0.15) is 5.75 Å². The lowest BCUT2D eigenvalue weighted by Crippen LogP contribution is -2.31. The molecule has 1 amide bonds. The summed E-state index contributed by atoms with van der Waals surface area (Å²) in [6, 6.07) is 23.0. The van der Waals surface area contributed by atoms with Gasteiger partial charge in [0.05, 0.1) is 12.9 Å². The van der Waals surface area contributed by atoms with E-state index in [0.29, 0.717) is 30.8 Å². The molecule has 0 saturated heterocycles. The van der Waals surface area contributed by atoms with Gasteiger partial charge < -0.3 is 18.6 Å². The minimum absolute atomic E-state index is 0.163. The van der Waals surface area contributed by atoms with Gasteiger partial charge in [0.15, 0.2) is 6.10 Å². The third-order valence-corrected chi connectivity index (χ3v) is 6.07. The largest absolute Gasteiger partial charge is 0.464 e. The Hall–Kier alpha value is -3.95. The molecule has 8 nitrogen and oxygen atoms in total. The number of hydrogen-bond donors (Lipinski definition) is 0. The SMILES string of the molecule is CCOC(=O)C(Cc1ccc(N(CC=Cc2ccc(OS(C)(=O)=O)cc2)C(=O)c2ccccc2)cc1)OCC. The molecule has 1 unspecified atom stereocenters. The van der Waals surface area contributed by atoms with E-state index in [0.717, 1.165) is 17.4 Å². The van der Waals surface area contributed by atoms with Crippen molar-refractivity contribution in [2.75, 3.05) is 30.9 Å². The number of ether oxygens (including phenoxy) is 2. The Kier molecular flexibility index (Phi) is 10.8. The maximum Gasteiger partial charge on any atom is 0.335 e. The quantitative estimate of drug-likeness (QED) is 0.220. The van der Waals surface area contributed by atoms with E-state index < -0.39 is 22.2 Å². The van der Waals surface area contributed by atoms with Gasteiger partial charge in [0.2, 0.25) is 0 Å². The fraction of sp³-hybridized carbons (Fsp3) is 0.267. The number of carbonyl (C=O) groups is 2. The van der Waals surface area contributed by atoms with Crippen LogP contribution in [0, 0.1) is 0 Å². The van der Waals surface area contributed by atoms with Gasteiger partial charge in [0, 0.05) is 30.8 Å². The summed E-state index contributed by atoms with van der Waals surface area (Å²) in [5, 5.41) is 0. The Labute approximate surface area is 229 Å². The second-order valence-corrected chi connectivity index (χ2v) is 10.2. The number of carbonyl (C=O) groups excluding carboxylic acids is 2. The maximum atomic E-state index is 13.4. The van der Waals surface area contributed by atoms with Gasteiger partial charge in [0.25, 0.3) is 5.91 Å². The smallest absolute Gasteiger partial charge is 0.335 e. The molecule has 0 fully saturated rings. The van der Waals surface area contributed by atoms with Crippen LogP contribution < -0.4 is 9.08 Å². The lowest BCUT2D eigenvalue weighted by Gasteiger charge is -2.22. The molecule has 206 valence electrons. The predicted octanol–water partition coefficient (Wildman–Crippen LogP) is 4.90. The van der Waals surface area contributed by atoms with Crippen LogP contribution in [0.5, 0.6) is 5.75 Å². The second kappa shape index (κ2) is 14.3. The zero-order valence-corrected chi connectivity index (χ0v) is 23.1. The Balaban J connectivity index is 1.79. The number of benzene rings is 3. The van der Waals surface area contributed by atoms with Crippen LogP contribution in [0.3, 0.4) is 0 Å². The summed E-state index contributed by atoms with van der Waals surface area (Å²) in [4.78, 5) is 27.3. The summed E-state index contributed by atoms with van der Waals surface area (Å²) in [5.41, 5.74) is 2.94. The molecule has 3 aromatic carbocycles. The van der Waals surface area contributed by atoms with Crippen molar-refractivity contribution in [2.45, 2.75) is 26.4 Å². The fourth-order valence-corrected chi connectivity index (χ4v) is 4.28. The molecule has 0 heterocycles. The lowest BCUT2D eigenvalue weighted by molar-refractivity contribution is -0.156. The molecule has 0 radical (unpaired) electrons. The Bertz CT molecular complexity index is 1350. The van der Waals surface area contributed by atoms with Gasteiger partial charge in [-0.05, 0) is 61.4 Å². The summed E-state index contributed by atoms with van der Waals surface area (Å²) < 4.78 is 38.2. The fourth-order valence-electron chi connectivity index (χ4n) is 3.82. The zero-order chi connectivity index (χ0) is 28.3. The van der Waals surface area contributed by atoms with Crippen LogP contribution in [0.2, 0.25) is 0 Å². The minimum Gasteiger partial charge on any atom is -0.464 e. The van der Waals surface area contributed by atoms with E-state index >= 15 is 0 Å². The van der Waals surface area contributed by atoms with Gasteiger partial charge in [-0.25, -0.2) is 4.79 Å². The van der Waals surface area contributed by atoms with Crippen molar-refractivity contribution < 1.29 is 31.7 Å². The Morgan fingerprint density at radius 1 is 0.897 bits per heavy atom. The van der Waals surface area contributed by atoms with Crippen LogP contribution in [-0.4, -0.2) is 52.4 Å².